The second-order valence-electron chi connectivity index (χ2n) is 6.56. The Hall–Kier alpha value is -2.89. The Morgan fingerprint density at radius 1 is 1.17 bits per heavy atom. The Morgan fingerprint density at radius 2 is 1.91 bits per heavy atom. The molecular weight excluding hydrogens is 292 g/mol. The Bertz CT molecular complexity index is 907. The smallest absolute Gasteiger partial charge is 0.270 e. The summed E-state index contributed by atoms with van der Waals surface area (Å²) in [5, 5.41) is 15.9. The van der Waals surface area contributed by atoms with E-state index in [2.05, 4.69) is 38.0 Å². The molecule has 3 rings (SSSR count). The number of nitro groups is 1. The van der Waals surface area contributed by atoms with Crippen LogP contribution in [-0.4, -0.2) is 14.7 Å². The van der Waals surface area contributed by atoms with E-state index in [0.29, 0.717) is 5.39 Å². The van der Waals surface area contributed by atoms with Crippen molar-refractivity contribution in [2.45, 2.75) is 26.2 Å². The lowest BCUT2D eigenvalue weighted by atomic mass is 9.87. The maximum Gasteiger partial charge on any atom is 0.270 e. The van der Waals surface area contributed by atoms with Crippen molar-refractivity contribution < 1.29 is 4.92 Å². The van der Waals surface area contributed by atoms with Crippen molar-refractivity contribution >= 4 is 22.4 Å². The van der Waals surface area contributed by atoms with E-state index in [0.717, 1.165) is 11.2 Å². The van der Waals surface area contributed by atoms with Gasteiger partial charge in [0.25, 0.3) is 5.69 Å². The highest BCUT2D eigenvalue weighted by atomic mass is 16.6. The molecule has 0 saturated carbocycles. The molecule has 6 heteroatoms. The molecule has 0 fully saturated rings. The van der Waals surface area contributed by atoms with Crippen LogP contribution in [0.25, 0.3) is 16.6 Å². The van der Waals surface area contributed by atoms with Gasteiger partial charge in [0.1, 0.15) is 0 Å². The summed E-state index contributed by atoms with van der Waals surface area (Å²) < 4.78 is 1.73. The van der Waals surface area contributed by atoms with Crippen LogP contribution in [0.1, 0.15) is 26.3 Å². The van der Waals surface area contributed by atoms with Gasteiger partial charge in [-0.3, -0.25) is 10.1 Å². The van der Waals surface area contributed by atoms with Gasteiger partial charge in [-0.25, -0.2) is 4.68 Å². The molecule has 0 saturated heterocycles. The molecule has 1 aromatic heterocycles. The van der Waals surface area contributed by atoms with Gasteiger partial charge in [0.05, 0.1) is 21.5 Å². The van der Waals surface area contributed by atoms with Crippen molar-refractivity contribution in [2.75, 3.05) is 5.73 Å². The maximum absolute atomic E-state index is 10.9. The number of benzene rings is 2. The third-order valence-electron chi connectivity index (χ3n) is 3.86. The summed E-state index contributed by atoms with van der Waals surface area (Å²) in [6, 6.07) is 12.7. The molecule has 0 aliphatic carbocycles. The number of nitrogen functional groups attached to an aromatic ring is 1. The van der Waals surface area contributed by atoms with Gasteiger partial charge in [0.15, 0.2) is 5.82 Å². The number of hydrogen-bond acceptors (Lipinski definition) is 4. The number of rotatable bonds is 2. The molecular formula is C17H18N4O2. The normalized spacial score (nSPS) is 11.8. The Labute approximate surface area is 133 Å². The van der Waals surface area contributed by atoms with E-state index in [1.165, 1.54) is 17.7 Å². The van der Waals surface area contributed by atoms with Crippen LogP contribution in [0.4, 0.5) is 11.5 Å². The van der Waals surface area contributed by atoms with Crippen LogP contribution in [-0.2, 0) is 5.41 Å². The number of aromatic nitrogens is 2. The highest BCUT2D eigenvalue weighted by Crippen LogP contribution is 2.29. The third-order valence-corrected chi connectivity index (χ3v) is 3.86. The predicted molar refractivity (Wildman–Crippen MR) is 90.8 cm³/mol. The fourth-order valence-corrected chi connectivity index (χ4v) is 2.54. The minimum Gasteiger partial charge on any atom is -0.382 e. The zero-order valence-electron chi connectivity index (χ0n) is 13.3. The number of nitrogens with zero attached hydrogens (tertiary/aromatic N) is 3. The second kappa shape index (κ2) is 5.08. The third kappa shape index (κ3) is 2.63. The number of nitrogens with two attached hydrogens (primary N) is 1. The number of hydrogen-bond donors (Lipinski definition) is 1. The predicted octanol–water partition coefficient (Wildman–Crippen LogP) is 3.81. The maximum atomic E-state index is 10.9. The summed E-state index contributed by atoms with van der Waals surface area (Å²) in [6.45, 7) is 6.43. The largest absolute Gasteiger partial charge is 0.382 e. The van der Waals surface area contributed by atoms with Crippen LogP contribution in [0.5, 0.6) is 0 Å². The monoisotopic (exact) mass is 310 g/mol. The standard InChI is InChI=1S/C17H18N4O2/c1-17(2,3)11-5-4-6-12(9-11)20-15-8-7-13(21(22)23)10-14(15)16(18)19-20/h4-10H,1-3H3,(H2,18,19). The Kier molecular flexibility index (Phi) is 3.32. The van der Waals surface area contributed by atoms with Crippen molar-refractivity contribution in [2.24, 2.45) is 0 Å². The summed E-state index contributed by atoms with van der Waals surface area (Å²) in [4.78, 5) is 10.5. The number of anilines is 1. The zero-order valence-corrected chi connectivity index (χ0v) is 13.3. The first kappa shape index (κ1) is 15.0. The van der Waals surface area contributed by atoms with E-state index < -0.39 is 4.92 Å². The lowest BCUT2D eigenvalue weighted by Crippen LogP contribution is -2.11. The quantitative estimate of drug-likeness (QED) is 0.576. The molecule has 2 aromatic carbocycles. The summed E-state index contributed by atoms with van der Waals surface area (Å²) in [6.07, 6.45) is 0. The lowest BCUT2D eigenvalue weighted by molar-refractivity contribution is -0.384. The molecule has 0 unspecified atom stereocenters. The van der Waals surface area contributed by atoms with E-state index in [4.69, 9.17) is 5.73 Å². The van der Waals surface area contributed by atoms with Crippen LogP contribution < -0.4 is 5.73 Å². The fraction of sp³-hybridized carbons (Fsp3) is 0.235. The van der Waals surface area contributed by atoms with E-state index >= 15 is 0 Å². The molecule has 118 valence electrons. The Morgan fingerprint density at radius 3 is 2.57 bits per heavy atom. The van der Waals surface area contributed by atoms with Gasteiger partial charge in [0.2, 0.25) is 0 Å². The minimum atomic E-state index is -0.434. The molecule has 0 spiro atoms. The van der Waals surface area contributed by atoms with Crippen LogP contribution in [0, 0.1) is 10.1 Å². The lowest BCUT2D eigenvalue weighted by Gasteiger charge is -2.19. The first-order valence-electron chi connectivity index (χ1n) is 7.31. The van der Waals surface area contributed by atoms with Crippen LogP contribution >= 0.6 is 0 Å². The van der Waals surface area contributed by atoms with Crippen LogP contribution in [0.15, 0.2) is 42.5 Å². The average Bonchev–Trinajstić information content (AvgIpc) is 2.83. The molecule has 23 heavy (non-hydrogen) atoms. The van der Waals surface area contributed by atoms with Gasteiger partial charge < -0.3 is 5.73 Å². The molecule has 6 nitrogen and oxygen atoms in total. The van der Waals surface area contributed by atoms with E-state index in [-0.39, 0.29) is 16.9 Å². The summed E-state index contributed by atoms with van der Waals surface area (Å²) >= 11 is 0. The topological polar surface area (TPSA) is 87.0 Å². The van der Waals surface area contributed by atoms with E-state index in [1.807, 2.05) is 12.1 Å². The Balaban J connectivity index is 2.20. The van der Waals surface area contributed by atoms with Crippen LogP contribution in [0.2, 0.25) is 0 Å². The molecule has 0 radical (unpaired) electrons. The zero-order chi connectivity index (χ0) is 16.8. The van der Waals surface area contributed by atoms with Crippen molar-refractivity contribution in [1.82, 2.24) is 9.78 Å². The molecule has 1 heterocycles. The number of nitro benzene ring substituents is 1. The van der Waals surface area contributed by atoms with Crippen LogP contribution in [0.3, 0.4) is 0 Å². The first-order chi connectivity index (χ1) is 10.8. The molecule has 0 amide bonds. The summed E-state index contributed by atoms with van der Waals surface area (Å²) in [5.74, 6) is 0.282. The van der Waals surface area contributed by atoms with Crippen molar-refractivity contribution in [1.29, 1.82) is 0 Å². The highest BCUT2D eigenvalue weighted by Gasteiger charge is 2.17. The number of non-ortho nitro benzene ring substituents is 1. The van der Waals surface area contributed by atoms with Crippen molar-refractivity contribution in [3.8, 4) is 5.69 Å². The van der Waals surface area contributed by atoms with E-state index in [9.17, 15) is 10.1 Å². The molecule has 0 aliphatic rings. The molecule has 0 aliphatic heterocycles. The first-order valence-corrected chi connectivity index (χ1v) is 7.31. The summed E-state index contributed by atoms with van der Waals surface area (Å²) in [7, 11) is 0. The fourth-order valence-electron chi connectivity index (χ4n) is 2.54. The molecule has 2 N–H and O–H groups in total. The molecule has 0 atom stereocenters. The van der Waals surface area contributed by atoms with Gasteiger partial charge in [0, 0.05) is 12.1 Å². The second-order valence-corrected chi connectivity index (χ2v) is 6.56. The molecule has 3 aromatic rings. The van der Waals surface area contributed by atoms with Gasteiger partial charge in [-0.15, -0.1) is 5.10 Å². The minimum absolute atomic E-state index is 0.00666. The summed E-state index contributed by atoms with van der Waals surface area (Å²) in [5.41, 5.74) is 8.79. The van der Waals surface area contributed by atoms with Gasteiger partial charge in [-0.05, 0) is 29.2 Å². The molecule has 0 bridgehead atoms. The van der Waals surface area contributed by atoms with Gasteiger partial charge in [-0.1, -0.05) is 32.9 Å². The van der Waals surface area contributed by atoms with Crippen molar-refractivity contribution in [3.63, 3.8) is 0 Å². The van der Waals surface area contributed by atoms with E-state index in [1.54, 1.807) is 10.7 Å². The SMILES string of the molecule is CC(C)(C)c1cccc(-n2nc(N)c3cc([N+](=O)[O-])ccc32)c1. The van der Waals surface area contributed by atoms with Gasteiger partial charge in [-0.2, -0.15) is 0 Å². The number of fused-ring (bicyclic) bond motifs is 1. The van der Waals surface area contributed by atoms with Gasteiger partial charge >= 0.3 is 0 Å². The highest BCUT2D eigenvalue weighted by molar-refractivity contribution is 5.92. The average molecular weight is 310 g/mol. The van der Waals surface area contributed by atoms with Crippen molar-refractivity contribution in [3.05, 3.63) is 58.1 Å².